The van der Waals surface area contributed by atoms with Gasteiger partial charge in [-0.1, -0.05) is 38.9 Å². The summed E-state index contributed by atoms with van der Waals surface area (Å²) in [5.74, 6) is -0.549. The highest BCUT2D eigenvalue weighted by molar-refractivity contribution is 6.91. The lowest BCUT2D eigenvalue weighted by Gasteiger charge is -2.28. The molecule has 0 radical (unpaired) electrons. The smallest absolute Gasteiger partial charge is 0.123 e. The fourth-order valence-corrected chi connectivity index (χ4v) is 5.90. The average molecular weight is 228 g/mol. The van der Waals surface area contributed by atoms with Gasteiger partial charge in [0.25, 0.3) is 0 Å². The molecule has 0 heterocycles. The summed E-state index contributed by atoms with van der Waals surface area (Å²) in [7, 11) is -1.78. The zero-order valence-corrected chi connectivity index (χ0v) is 10.6. The highest BCUT2D eigenvalue weighted by atomic mass is 28.3. The van der Waals surface area contributed by atoms with Gasteiger partial charge in [0.1, 0.15) is 11.6 Å². The second-order valence-corrected chi connectivity index (χ2v) is 9.19. The summed E-state index contributed by atoms with van der Waals surface area (Å²) >= 11 is 0. The van der Waals surface area contributed by atoms with Crippen LogP contribution in [0, 0.1) is 11.6 Å². The number of hydrogen-bond acceptors (Lipinski definition) is 0. The zero-order chi connectivity index (χ0) is 11.5. The van der Waals surface area contributed by atoms with Crippen molar-refractivity contribution in [1.29, 1.82) is 0 Å². The predicted octanol–water partition coefficient (Wildman–Crippen LogP) is 3.68. The zero-order valence-electron chi connectivity index (χ0n) is 9.61. The van der Waals surface area contributed by atoms with Crippen LogP contribution in [0.3, 0.4) is 0 Å². The van der Waals surface area contributed by atoms with Gasteiger partial charge in [-0.3, -0.25) is 0 Å². The Hall–Kier alpha value is -0.703. The van der Waals surface area contributed by atoms with Crippen molar-refractivity contribution >= 4 is 13.3 Å². The molecule has 0 amide bonds. The number of hydrogen-bond donors (Lipinski definition) is 0. The van der Waals surface area contributed by atoms with E-state index in [0.29, 0.717) is 5.19 Å². The van der Waals surface area contributed by atoms with Gasteiger partial charge in [-0.25, -0.2) is 8.78 Å². The largest absolute Gasteiger partial charge is 0.207 e. The topological polar surface area (TPSA) is 0 Å². The second-order valence-electron chi connectivity index (χ2n) is 3.97. The molecule has 0 aliphatic rings. The Morgan fingerprint density at radius 1 is 1.00 bits per heavy atom. The first-order valence-corrected chi connectivity index (χ1v) is 8.17. The quantitative estimate of drug-likeness (QED) is 0.690. The van der Waals surface area contributed by atoms with Crippen LogP contribution < -0.4 is 5.19 Å². The van der Waals surface area contributed by atoms with Gasteiger partial charge in [0.15, 0.2) is 0 Å². The van der Waals surface area contributed by atoms with E-state index in [2.05, 4.69) is 20.8 Å². The van der Waals surface area contributed by atoms with Crippen LogP contribution >= 0.6 is 0 Å². The van der Waals surface area contributed by atoms with Crippen molar-refractivity contribution in [2.24, 2.45) is 0 Å². The van der Waals surface area contributed by atoms with Gasteiger partial charge in [0, 0.05) is 0 Å². The van der Waals surface area contributed by atoms with E-state index in [0.717, 1.165) is 18.1 Å². The van der Waals surface area contributed by atoms with E-state index >= 15 is 0 Å². The Morgan fingerprint density at radius 2 is 1.53 bits per heavy atom. The normalized spacial score (nSPS) is 11.8. The number of benzene rings is 1. The molecule has 84 valence electrons. The van der Waals surface area contributed by atoms with E-state index in [4.69, 9.17) is 0 Å². The van der Waals surface area contributed by atoms with Crippen molar-refractivity contribution in [2.75, 3.05) is 0 Å². The molecule has 0 saturated carbocycles. The minimum atomic E-state index is -1.78. The molecule has 0 fully saturated rings. The van der Waals surface area contributed by atoms with Crippen LogP contribution in [0.4, 0.5) is 8.78 Å². The first kappa shape index (κ1) is 12.4. The van der Waals surface area contributed by atoms with Crippen molar-refractivity contribution in [3.05, 3.63) is 29.8 Å². The first-order valence-electron chi connectivity index (χ1n) is 5.55. The molecule has 1 aromatic carbocycles. The Bertz CT molecular complexity index is 324. The van der Waals surface area contributed by atoms with Gasteiger partial charge in [-0.05, 0) is 23.4 Å². The molecule has 0 aromatic heterocycles. The average Bonchev–Trinajstić information content (AvgIpc) is 2.26. The lowest BCUT2D eigenvalue weighted by Crippen LogP contribution is -2.47. The van der Waals surface area contributed by atoms with Crippen LogP contribution in [0.25, 0.3) is 0 Å². The molecule has 1 aromatic rings. The van der Waals surface area contributed by atoms with Crippen LogP contribution in [-0.4, -0.2) is 8.07 Å². The molecule has 1 rings (SSSR count). The predicted molar refractivity (Wildman–Crippen MR) is 63.2 cm³/mol. The summed E-state index contributed by atoms with van der Waals surface area (Å²) in [4.78, 5) is 0. The molecule has 0 bridgehead atoms. The third-order valence-corrected chi connectivity index (χ3v) is 9.12. The van der Waals surface area contributed by atoms with Crippen molar-refractivity contribution in [3.63, 3.8) is 0 Å². The van der Waals surface area contributed by atoms with Crippen molar-refractivity contribution in [1.82, 2.24) is 0 Å². The van der Waals surface area contributed by atoms with E-state index in [1.165, 1.54) is 18.2 Å². The Kier molecular flexibility index (Phi) is 4.02. The molecule has 0 saturated heterocycles. The van der Waals surface area contributed by atoms with Crippen LogP contribution in [0.15, 0.2) is 18.2 Å². The lowest BCUT2D eigenvalue weighted by molar-refractivity contribution is 0.605. The summed E-state index contributed by atoms with van der Waals surface area (Å²) in [5.41, 5.74) is 0. The Morgan fingerprint density at radius 3 is 2.00 bits per heavy atom. The van der Waals surface area contributed by atoms with Gasteiger partial charge in [0.05, 0.1) is 8.07 Å². The van der Waals surface area contributed by atoms with Crippen LogP contribution in [-0.2, 0) is 0 Å². The summed E-state index contributed by atoms with van der Waals surface area (Å²) in [6.07, 6.45) is 0. The lowest BCUT2D eigenvalue weighted by atomic mass is 10.3. The standard InChI is InChI=1S/C12H18F2Si/c1-4-15(5-2,6-3)12-9-10(13)7-8-11(12)14/h7-9H,4-6H2,1-3H3. The third-order valence-electron chi connectivity index (χ3n) is 3.53. The molecule has 0 unspecified atom stereocenters. The summed E-state index contributed by atoms with van der Waals surface area (Å²) < 4.78 is 26.8. The SMILES string of the molecule is CC[Si](CC)(CC)c1cc(F)ccc1F. The van der Waals surface area contributed by atoms with Gasteiger partial charge >= 0.3 is 0 Å². The summed E-state index contributed by atoms with van der Waals surface area (Å²) in [6.45, 7) is 6.26. The first-order chi connectivity index (χ1) is 7.09. The Balaban J connectivity index is 3.27. The van der Waals surface area contributed by atoms with Crippen molar-refractivity contribution < 1.29 is 8.78 Å². The highest BCUT2D eigenvalue weighted by Gasteiger charge is 2.31. The van der Waals surface area contributed by atoms with Gasteiger partial charge in [-0.15, -0.1) is 0 Å². The van der Waals surface area contributed by atoms with Gasteiger partial charge in [0.2, 0.25) is 0 Å². The fourth-order valence-electron chi connectivity index (χ4n) is 2.23. The van der Waals surface area contributed by atoms with E-state index in [-0.39, 0.29) is 11.6 Å². The molecule has 0 atom stereocenters. The van der Waals surface area contributed by atoms with Gasteiger partial charge in [-0.2, -0.15) is 0 Å². The highest BCUT2D eigenvalue weighted by Crippen LogP contribution is 2.21. The second kappa shape index (κ2) is 4.88. The van der Waals surface area contributed by atoms with Gasteiger partial charge < -0.3 is 0 Å². The number of halogens is 2. The summed E-state index contributed by atoms with van der Waals surface area (Å²) in [6, 6.07) is 6.77. The maximum atomic E-state index is 13.7. The Labute approximate surface area is 91.3 Å². The van der Waals surface area contributed by atoms with E-state index in [1.54, 1.807) is 0 Å². The number of rotatable bonds is 4. The molecular formula is C12H18F2Si. The molecule has 3 heteroatoms. The molecule has 0 aliphatic heterocycles. The molecule has 0 N–H and O–H groups in total. The minimum Gasteiger partial charge on any atom is -0.207 e. The molecule has 0 spiro atoms. The third kappa shape index (κ3) is 2.28. The van der Waals surface area contributed by atoms with Crippen molar-refractivity contribution in [3.8, 4) is 0 Å². The van der Waals surface area contributed by atoms with E-state index in [1.807, 2.05) is 0 Å². The summed E-state index contributed by atoms with van der Waals surface area (Å²) in [5, 5.41) is 0.662. The molecule has 0 aliphatic carbocycles. The van der Waals surface area contributed by atoms with E-state index < -0.39 is 8.07 Å². The maximum absolute atomic E-state index is 13.7. The van der Waals surface area contributed by atoms with E-state index in [9.17, 15) is 8.78 Å². The molecule has 0 nitrogen and oxygen atoms in total. The maximum Gasteiger partial charge on any atom is 0.123 e. The molecular weight excluding hydrogens is 210 g/mol. The van der Waals surface area contributed by atoms with Crippen LogP contribution in [0.2, 0.25) is 18.1 Å². The van der Waals surface area contributed by atoms with Crippen LogP contribution in [0.5, 0.6) is 0 Å². The monoisotopic (exact) mass is 228 g/mol. The fraction of sp³-hybridized carbons (Fsp3) is 0.500. The molecule has 15 heavy (non-hydrogen) atoms. The van der Waals surface area contributed by atoms with Crippen molar-refractivity contribution in [2.45, 2.75) is 38.9 Å². The minimum absolute atomic E-state index is 0.228. The van der Waals surface area contributed by atoms with Crippen LogP contribution in [0.1, 0.15) is 20.8 Å².